The maximum atomic E-state index is 11.2. The van der Waals surface area contributed by atoms with Gasteiger partial charge in [0.1, 0.15) is 0 Å². The molecule has 1 rings (SSSR count). The normalized spacial score (nSPS) is 11.3. The fraction of sp³-hybridized carbons (Fsp3) is 0.100. The molecule has 0 radical (unpaired) electrons. The summed E-state index contributed by atoms with van der Waals surface area (Å²) in [5.74, 6) is 0. The zero-order valence-corrected chi connectivity index (χ0v) is 8.17. The molecule has 0 fully saturated rings. The van der Waals surface area contributed by atoms with E-state index in [0.717, 1.165) is 4.90 Å². The zero-order valence-electron chi connectivity index (χ0n) is 7.36. The molecule has 13 heavy (non-hydrogen) atoms. The summed E-state index contributed by atoms with van der Waals surface area (Å²) in [6.45, 7) is 1.70. The number of nitrogens with two attached hydrogens (primary N) is 1. The first kappa shape index (κ1) is 9.86. The summed E-state index contributed by atoms with van der Waals surface area (Å²) < 4.78 is 0. The predicted octanol–water partition coefficient (Wildman–Crippen LogP) is 2.17. The topological polar surface area (TPSA) is 43.1 Å². The van der Waals surface area contributed by atoms with Crippen molar-refractivity contribution < 1.29 is 4.79 Å². The summed E-state index contributed by atoms with van der Waals surface area (Å²) in [6, 6.07) is 9.49. The second kappa shape index (κ2) is 4.72. The van der Waals surface area contributed by atoms with E-state index >= 15 is 0 Å². The third-order valence-corrected chi connectivity index (χ3v) is 2.13. The molecule has 0 aromatic heterocycles. The van der Waals surface area contributed by atoms with Gasteiger partial charge < -0.3 is 5.73 Å². The molecule has 1 aromatic carbocycles. The Balaban J connectivity index is 2.61. The molecule has 3 heteroatoms. The van der Waals surface area contributed by atoms with Crippen LogP contribution < -0.4 is 5.73 Å². The minimum absolute atomic E-state index is 0.0359. The zero-order chi connectivity index (χ0) is 9.68. The summed E-state index contributed by atoms with van der Waals surface area (Å²) >= 11 is 1.18. The Morgan fingerprint density at radius 1 is 1.38 bits per heavy atom. The highest BCUT2D eigenvalue weighted by atomic mass is 32.2. The first-order chi connectivity index (χ1) is 6.18. The van der Waals surface area contributed by atoms with Crippen molar-refractivity contribution in [2.45, 2.75) is 11.8 Å². The molecule has 2 N–H and O–H groups in total. The molecule has 0 saturated carbocycles. The van der Waals surface area contributed by atoms with E-state index in [2.05, 4.69) is 0 Å². The summed E-state index contributed by atoms with van der Waals surface area (Å²) in [5, 5.41) is -0.0359. The van der Waals surface area contributed by atoms with Crippen molar-refractivity contribution in [2.75, 3.05) is 0 Å². The molecular formula is C10H11NOS. The highest BCUT2D eigenvalue weighted by Crippen LogP contribution is 2.18. The Morgan fingerprint density at radius 3 is 2.54 bits per heavy atom. The third-order valence-electron chi connectivity index (χ3n) is 1.31. The molecule has 0 spiro atoms. The molecule has 0 atom stereocenters. The summed E-state index contributed by atoms with van der Waals surface area (Å²) in [7, 11) is 0. The van der Waals surface area contributed by atoms with Crippen molar-refractivity contribution in [3.05, 3.63) is 42.1 Å². The van der Waals surface area contributed by atoms with Gasteiger partial charge in [0, 0.05) is 16.7 Å². The molecule has 0 aliphatic rings. The summed E-state index contributed by atoms with van der Waals surface area (Å²) in [4.78, 5) is 12.2. The number of hydrogen-bond acceptors (Lipinski definition) is 3. The van der Waals surface area contributed by atoms with Crippen LogP contribution in [-0.2, 0) is 4.79 Å². The smallest absolute Gasteiger partial charge is 0.218 e. The SMILES string of the molecule is C/C(N)=C/C(=O)Sc1ccccc1. The van der Waals surface area contributed by atoms with Crippen LogP contribution in [0.3, 0.4) is 0 Å². The van der Waals surface area contributed by atoms with E-state index in [4.69, 9.17) is 5.73 Å². The van der Waals surface area contributed by atoms with Crippen LogP contribution in [0.4, 0.5) is 0 Å². The molecule has 0 aliphatic carbocycles. The van der Waals surface area contributed by atoms with Gasteiger partial charge in [-0.1, -0.05) is 18.2 Å². The molecule has 68 valence electrons. The van der Waals surface area contributed by atoms with E-state index in [1.807, 2.05) is 30.3 Å². The van der Waals surface area contributed by atoms with Gasteiger partial charge in [0.2, 0.25) is 5.12 Å². The van der Waals surface area contributed by atoms with E-state index in [-0.39, 0.29) is 5.12 Å². The lowest BCUT2D eigenvalue weighted by Gasteiger charge is -1.95. The highest BCUT2D eigenvalue weighted by molar-refractivity contribution is 8.14. The van der Waals surface area contributed by atoms with Gasteiger partial charge in [-0.25, -0.2) is 0 Å². The first-order valence-corrected chi connectivity index (χ1v) is 4.71. The molecule has 2 nitrogen and oxygen atoms in total. The van der Waals surface area contributed by atoms with Gasteiger partial charge in [0.05, 0.1) is 0 Å². The Labute approximate surface area is 81.8 Å². The van der Waals surface area contributed by atoms with Crippen LogP contribution in [0.25, 0.3) is 0 Å². The molecule has 0 heterocycles. The Morgan fingerprint density at radius 2 is 2.00 bits per heavy atom. The minimum atomic E-state index is -0.0359. The number of thioether (sulfide) groups is 1. The average Bonchev–Trinajstić information content (AvgIpc) is 2.04. The van der Waals surface area contributed by atoms with Crippen LogP contribution in [0, 0.1) is 0 Å². The van der Waals surface area contributed by atoms with Crippen molar-refractivity contribution in [3.8, 4) is 0 Å². The molecule has 0 unspecified atom stereocenters. The number of hydrogen-bond donors (Lipinski definition) is 1. The standard InChI is InChI=1S/C10H11NOS/c1-8(11)7-10(12)13-9-5-3-2-4-6-9/h2-7H,11H2,1H3/b8-7-. The van der Waals surface area contributed by atoms with Crippen LogP contribution in [0.2, 0.25) is 0 Å². The van der Waals surface area contributed by atoms with Crippen LogP contribution in [-0.4, -0.2) is 5.12 Å². The van der Waals surface area contributed by atoms with Gasteiger partial charge in [-0.05, 0) is 30.8 Å². The lowest BCUT2D eigenvalue weighted by atomic mass is 10.4. The van der Waals surface area contributed by atoms with E-state index in [0.29, 0.717) is 5.70 Å². The second-order valence-electron chi connectivity index (χ2n) is 2.62. The summed E-state index contributed by atoms with van der Waals surface area (Å²) in [5.41, 5.74) is 5.91. The average molecular weight is 193 g/mol. The fourth-order valence-corrected chi connectivity index (χ4v) is 1.59. The lowest BCUT2D eigenvalue weighted by Crippen LogP contribution is -1.94. The Kier molecular flexibility index (Phi) is 3.58. The second-order valence-corrected chi connectivity index (χ2v) is 3.70. The van der Waals surface area contributed by atoms with E-state index < -0.39 is 0 Å². The van der Waals surface area contributed by atoms with Crippen molar-refractivity contribution in [1.29, 1.82) is 0 Å². The highest BCUT2D eigenvalue weighted by Gasteiger charge is 1.99. The maximum Gasteiger partial charge on any atom is 0.218 e. The molecule has 0 amide bonds. The largest absolute Gasteiger partial charge is 0.402 e. The van der Waals surface area contributed by atoms with Gasteiger partial charge >= 0.3 is 0 Å². The monoisotopic (exact) mass is 193 g/mol. The summed E-state index contributed by atoms with van der Waals surface area (Å²) in [6.07, 6.45) is 1.43. The van der Waals surface area contributed by atoms with Gasteiger partial charge in [-0.2, -0.15) is 0 Å². The van der Waals surface area contributed by atoms with Crippen molar-refractivity contribution in [1.82, 2.24) is 0 Å². The third kappa shape index (κ3) is 3.80. The maximum absolute atomic E-state index is 11.2. The first-order valence-electron chi connectivity index (χ1n) is 3.89. The number of carbonyl (C=O) groups is 1. The van der Waals surface area contributed by atoms with E-state index in [1.54, 1.807) is 6.92 Å². The van der Waals surface area contributed by atoms with Crippen molar-refractivity contribution in [3.63, 3.8) is 0 Å². The predicted molar refractivity (Wildman–Crippen MR) is 55.3 cm³/mol. The van der Waals surface area contributed by atoms with Gasteiger partial charge in [0.25, 0.3) is 0 Å². The quantitative estimate of drug-likeness (QED) is 0.578. The molecule has 1 aromatic rings. The van der Waals surface area contributed by atoms with Crippen LogP contribution >= 0.6 is 11.8 Å². The van der Waals surface area contributed by atoms with Crippen LogP contribution in [0.5, 0.6) is 0 Å². The van der Waals surface area contributed by atoms with Gasteiger partial charge in [-0.15, -0.1) is 0 Å². The number of carbonyl (C=O) groups excluding carboxylic acids is 1. The lowest BCUT2D eigenvalue weighted by molar-refractivity contribution is -0.107. The minimum Gasteiger partial charge on any atom is -0.402 e. The van der Waals surface area contributed by atoms with Crippen molar-refractivity contribution >= 4 is 16.9 Å². The fourth-order valence-electron chi connectivity index (χ4n) is 0.820. The molecule has 0 saturated heterocycles. The number of allylic oxidation sites excluding steroid dienone is 1. The van der Waals surface area contributed by atoms with Crippen LogP contribution in [0.1, 0.15) is 6.92 Å². The van der Waals surface area contributed by atoms with Crippen molar-refractivity contribution in [2.24, 2.45) is 5.73 Å². The molecule has 0 aliphatic heterocycles. The number of benzene rings is 1. The van der Waals surface area contributed by atoms with Gasteiger partial charge in [0.15, 0.2) is 0 Å². The van der Waals surface area contributed by atoms with Crippen LogP contribution in [0.15, 0.2) is 47.0 Å². The van der Waals surface area contributed by atoms with E-state index in [1.165, 1.54) is 17.8 Å². The number of rotatable bonds is 2. The Bertz CT molecular complexity index is 315. The van der Waals surface area contributed by atoms with Gasteiger partial charge in [-0.3, -0.25) is 4.79 Å². The molecule has 0 bridgehead atoms. The molecular weight excluding hydrogens is 182 g/mol. The van der Waals surface area contributed by atoms with E-state index in [9.17, 15) is 4.79 Å². The Hall–Kier alpha value is -1.22.